The monoisotopic (exact) mass is 904 g/mol. The average molecular weight is 904 g/mol. The first kappa shape index (κ1) is 53.6. The van der Waals surface area contributed by atoms with Gasteiger partial charge in [0.15, 0.2) is 69.8 Å². The molecule has 0 aliphatic carbocycles. The molecule has 0 fully saturated rings. The van der Waals surface area contributed by atoms with Gasteiger partial charge >= 0.3 is 17.4 Å². The molecule has 4 aromatic rings. The zero-order valence-corrected chi connectivity index (χ0v) is 32.9. The SMILES string of the molecule is CC(C)N=C([N-]C(C)C)C(C)(C)C.Fc1c(F)c(F)c([B-](c2c(F)c(F)c(F)c(F)c2F)(c2c(F)c(F)c(F)c(F)c2F)c2c(F)c(F)c(F)c(F)c2F)c(F)c1F.[Al+3].[CH3-]. The summed E-state index contributed by atoms with van der Waals surface area (Å²) in [5, 5.41) is 4.54. The van der Waals surface area contributed by atoms with Gasteiger partial charge in [0, 0.05) is 0 Å². The molecule has 2 nitrogen and oxygen atoms in total. The molecule has 0 saturated heterocycles. The van der Waals surface area contributed by atoms with E-state index in [0.717, 1.165) is 5.84 Å². The molecule has 0 aromatic heterocycles. The van der Waals surface area contributed by atoms with Crippen molar-refractivity contribution >= 4 is 51.2 Å². The Kier molecular flexibility index (Phi) is 17.0. The number of benzene rings is 4. The van der Waals surface area contributed by atoms with E-state index in [4.69, 9.17) is 0 Å². The largest absolute Gasteiger partial charge is 3.00 e. The smallest absolute Gasteiger partial charge is 0.466 e. The maximum atomic E-state index is 15.4. The predicted molar refractivity (Wildman–Crippen MR) is 182 cm³/mol. The van der Waals surface area contributed by atoms with Crippen LogP contribution < -0.4 is 21.9 Å². The van der Waals surface area contributed by atoms with Crippen molar-refractivity contribution in [1.29, 1.82) is 0 Å². The van der Waals surface area contributed by atoms with Gasteiger partial charge in [0.2, 0.25) is 0 Å². The minimum Gasteiger partial charge on any atom is -0.466 e. The van der Waals surface area contributed by atoms with Gasteiger partial charge < -0.3 is 17.7 Å². The van der Waals surface area contributed by atoms with Crippen molar-refractivity contribution in [2.45, 2.75) is 60.5 Å². The van der Waals surface area contributed by atoms with Crippen LogP contribution in [0, 0.1) is 129 Å². The summed E-state index contributed by atoms with van der Waals surface area (Å²) in [6.45, 7) is 14.8. The molecule has 0 atom stereocenters. The van der Waals surface area contributed by atoms with E-state index in [1.165, 1.54) is 0 Å². The fraction of sp³-hybridized carbons (Fsp3) is 0.278. The molecular weight excluding hydrogens is 878 g/mol. The molecule has 0 spiro atoms. The third kappa shape index (κ3) is 8.81. The topological polar surface area (TPSA) is 26.5 Å². The number of hydrogen-bond donors (Lipinski definition) is 0. The Morgan fingerprint density at radius 1 is 0.383 bits per heavy atom. The van der Waals surface area contributed by atoms with Crippen molar-refractivity contribution in [3.8, 4) is 0 Å². The van der Waals surface area contributed by atoms with Crippen LogP contribution in [0.4, 0.5) is 87.8 Å². The van der Waals surface area contributed by atoms with E-state index in [9.17, 15) is 52.7 Å². The van der Waals surface area contributed by atoms with E-state index in [-0.39, 0.29) is 30.2 Å². The molecule has 0 aliphatic heterocycles. The summed E-state index contributed by atoms with van der Waals surface area (Å²) in [6, 6.07) is 0.661. The van der Waals surface area contributed by atoms with Gasteiger partial charge in [-0.25, -0.2) is 87.8 Å². The summed E-state index contributed by atoms with van der Waals surface area (Å²) < 4.78 is 294. The number of halogens is 20. The van der Waals surface area contributed by atoms with Crippen LogP contribution in [0.25, 0.3) is 5.32 Å². The average Bonchev–Trinajstić information content (AvgIpc) is 3.14. The number of rotatable bonds is 6. The van der Waals surface area contributed by atoms with Crippen LogP contribution in [0.3, 0.4) is 0 Å². The van der Waals surface area contributed by atoms with Crippen molar-refractivity contribution in [2.24, 2.45) is 10.4 Å². The Morgan fingerprint density at radius 2 is 0.550 bits per heavy atom. The van der Waals surface area contributed by atoms with Gasteiger partial charge in [-0.2, -0.15) is 0 Å². The maximum absolute atomic E-state index is 15.4. The summed E-state index contributed by atoms with van der Waals surface area (Å²) in [7, 11) is 0. The van der Waals surface area contributed by atoms with E-state index in [1.807, 2.05) is 0 Å². The molecule has 0 saturated carbocycles. The van der Waals surface area contributed by atoms with Gasteiger partial charge in [-0.05, 0) is 17.5 Å². The molecule has 0 amide bonds. The molecule has 0 unspecified atom stereocenters. The number of aliphatic imine (C=N–C) groups is 1. The quantitative estimate of drug-likeness (QED) is 0.0351. The number of hydrogen-bond acceptors (Lipinski definition) is 1. The van der Waals surface area contributed by atoms with E-state index < -0.39 is 144 Å². The van der Waals surface area contributed by atoms with Crippen LogP contribution in [0.1, 0.15) is 48.5 Å². The van der Waals surface area contributed by atoms with Gasteiger partial charge in [0.25, 0.3) is 0 Å². The predicted octanol–water partition coefficient (Wildman–Crippen LogP) is 9.54. The van der Waals surface area contributed by atoms with Gasteiger partial charge in [-0.15, -0.1) is 21.9 Å². The first-order valence-corrected chi connectivity index (χ1v) is 16.0. The molecule has 24 heteroatoms. The molecular formula is C36H26AlBF20N2. The molecule has 60 heavy (non-hydrogen) atoms. The van der Waals surface area contributed by atoms with Crippen LogP contribution in [0.15, 0.2) is 4.99 Å². The van der Waals surface area contributed by atoms with E-state index in [2.05, 4.69) is 58.8 Å². The minimum atomic E-state index is -7.22. The Hall–Kier alpha value is -4.45. The standard InChI is InChI=1S/C24BF20.C11H23N2.CH3.Al/c26-5-1(6(27)14(35)21(42)13(5)34)25(2-7(28)15(36)22(43)16(37)8(2)29,3-9(30)17(38)23(44)18(39)10(3)31)4-11(32)19(40)24(45)20(41)12(4)33;1-8(2)12-10(11(5,6)7)13-9(3)4;;/h;8-9H,1-7H3;1H3;/q3*-1;+3. The van der Waals surface area contributed by atoms with Crippen molar-refractivity contribution in [3.63, 3.8) is 0 Å². The second-order valence-electron chi connectivity index (χ2n) is 13.8. The summed E-state index contributed by atoms with van der Waals surface area (Å²) in [6.07, 6.45) is -7.22. The van der Waals surface area contributed by atoms with Gasteiger partial charge in [0.1, 0.15) is 52.7 Å². The molecule has 0 aliphatic rings. The Balaban J connectivity index is 0.00000104. The van der Waals surface area contributed by atoms with E-state index in [1.54, 1.807) is 0 Å². The van der Waals surface area contributed by atoms with Crippen molar-refractivity contribution in [3.05, 3.63) is 129 Å². The second-order valence-corrected chi connectivity index (χ2v) is 13.8. The Labute approximate surface area is 338 Å². The summed E-state index contributed by atoms with van der Waals surface area (Å²) in [5.74, 6) is -70.4. The fourth-order valence-corrected chi connectivity index (χ4v) is 5.78. The van der Waals surface area contributed by atoms with Gasteiger partial charge in [-0.1, -0.05) is 54.3 Å². The first-order valence-electron chi connectivity index (χ1n) is 16.0. The zero-order chi connectivity index (χ0) is 45.0. The third-order valence-corrected chi connectivity index (χ3v) is 8.14. The van der Waals surface area contributed by atoms with Crippen LogP contribution in [-0.2, 0) is 0 Å². The van der Waals surface area contributed by atoms with Crippen molar-refractivity contribution in [1.82, 2.24) is 0 Å². The molecule has 0 heterocycles. The van der Waals surface area contributed by atoms with Crippen LogP contribution in [0.5, 0.6) is 0 Å². The van der Waals surface area contributed by atoms with E-state index in [0.29, 0.717) is 12.1 Å². The normalized spacial score (nSPS) is 12.1. The molecule has 0 N–H and O–H groups in total. The molecule has 4 aromatic carbocycles. The number of amidine groups is 1. The van der Waals surface area contributed by atoms with Crippen molar-refractivity contribution < 1.29 is 87.8 Å². The van der Waals surface area contributed by atoms with Crippen LogP contribution in [-0.4, -0.2) is 41.4 Å². The summed E-state index contributed by atoms with van der Waals surface area (Å²) >= 11 is 0. The third-order valence-electron chi connectivity index (χ3n) is 8.14. The summed E-state index contributed by atoms with van der Waals surface area (Å²) in [5.41, 5.74) is -14.3. The molecule has 0 bridgehead atoms. The summed E-state index contributed by atoms with van der Waals surface area (Å²) in [4.78, 5) is 4.54. The van der Waals surface area contributed by atoms with Crippen molar-refractivity contribution in [2.75, 3.05) is 0 Å². The molecule has 326 valence electrons. The first-order chi connectivity index (χ1) is 26.4. The Bertz CT molecular complexity index is 1940. The van der Waals surface area contributed by atoms with E-state index >= 15 is 35.1 Å². The Morgan fingerprint density at radius 3 is 0.683 bits per heavy atom. The maximum Gasteiger partial charge on any atom is 3.00 e. The molecule has 4 rings (SSSR count). The number of nitrogens with zero attached hydrogens (tertiary/aromatic N) is 2. The second kappa shape index (κ2) is 19.1. The zero-order valence-electron chi connectivity index (χ0n) is 31.8. The van der Waals surface area contributed by atoms with Crippen LogP contribution in [0.2, 0.25) is 0 Å². The fourth-order valence-electron chi connectivity index (χ4n) is 5.78. The van der Waals surface area contributed by atoms with Gasteiger partial charge in [0.05, 0.1) is 0 Å². The van der Waals surface area contributed by atoms with Crippen LogP contribution >= 0.6 is 0 Å². The minimum absolute atomic E-state index is 0. The van der Waals surface area contributed by atoms with Gasteiger partial charge in [-0.3, -0.25) is 0 Å². The molecule has 0 radical (unpaired) electrons.